The Bertz CT molecular complexity index is 400. The van der Waals surface area contributed by atoms with E-state index in [1.165, 1.54) is 6.42 Å². The largest absolute Gasteiger partial charge is 0.388 e. The van der Waals surface area contributed by atoms with Crippen LogP contribution in [0, 0.1) is 0 Å². The summed E-state index contributed by atoms with van der Waals surface area (Å²) in [5, 5.41) is 13.1. The van der Waals surface area contributed by atoms with Gasteiger partial charge in [0.15, 0.2) is 0 Å². The Hall–Kier alpha value is -1.42. The van der Waals surface area contributed by atoms with Crippen molar-refractivity contribution in [1.82, 2.24) is 10.3 Å². The summed E-state index contributed by atoms with van der Waals surface area (Å²) in [6.07, 6.45) is 7.70. The molecule has 0 spiro atoms. The molecule has 2 N–H and O–H groups in total. The van der Waals surface area contributed by atoms with Crippen LogP contribution >= 0.6 is 0 Å². The zero-order chi connectivity index (χ0) is 13.6. The van der Waals surface area contributed by atoms with Gasteiger partial charge in [-0.2, -0.15) is 0 Å². The van der Waals surface area contributed by atoms with Crippen molar-refractivity contribution in [2.75, 3.05) is 6.54 Å². The number of aliphatic hydroxyl groups is 1. The highest BCUT2D eigenvalue weighted by Gasteiger charge is 2.29. The van der Waals surface area contributed by atoms with Crippen molar-refractivity contribution in [3.05, 3.63) is 30.1 Å². The number of hydrogen-bond acceptors (Lipinski definition) is 3. The van der Waals surface area contributed by atoms with Gasteiger partial charge in [-0.1, -0.05) is 25.3 Å². The Labute approximate surface area is 114 Å². The van der Waals surface area contributed by atoms with Crippen LogP contribution in [0.1, 0.15) is 44.2 Å². The molecule has 2 rings (SSSR count). The number of carbonyl (C=O) groups excluding carboxylic acids is 1. The van der Waals surface area contributed by atoms with E-state index < -0.39 is 5.60 Å². The first-order valence-electron chi connectivity index (χ1n) is 7.07. The third-order valence-electron chi connectivity index (χ3n) is 3.73. The third-order valence-corrected chi connectivity index (χ3v) is 3.73. The highest BCUT2D eigenvalue weighted by Crippen LogP contribution is 2.27. The van der Waals surface area contributed by atoms with Crippen LogP contribution in [0.3, 0.4) is 0 Å². The van der Waals surface area contributed by atoms with E-state index in [1.807, 2.05) is 18.2 Å². The summed E-state index contributed by atoms with van der Waals surface area (Å²) < 4.78 is 0. The van der Waals surface area contributed by atoms with Gasteiger partial charge >= 0.3 is 0 Å². The summed E-state index contributed by atoms with van der Waals surface area (Å²) >= 11 is 0. The summed E-state index contributed by atoms with van der Waals surface area (Å²) in [5.74, 6) is -0.00958. The smallest absolute Gasteiger partial charge is 0.220 e. The third kappa shape index (κ3) is 4.63. The average Bonchev–Trinajstić information content (AvgIpc) is 2.45. The van der Waals surface area contributed by atoms with Crippen molar-refractivity contribution in [3.63, 3.8) is 0 Å². The van der Waals surface area contributed by atoms with Crippen LogP contribution in [0.25, 0.3) is 0 Å². The lowest BCUT2D eigenvalue weighted by Gasteiger charge is -2.32. The Morgan fingerprint density at radius 2 is 2.11 bits per heavy atom. The molecule has 0 bridgehead atoms. The number of hydrogen-bond donors (Lipinski definition) is 2. The molecule has 1 saturated carbocycles. The van der Waals surface area contributed by atoms with E-state index in [0.717, 1.165) is 31.4 Å². The van der Waals surface area contributed by atoms with Crippen LogP contribution in [0.15, 0.2) is 24.4 Å². The Morgan fingerprint density at radius 1 is 1.32 bits per heavy atom. The molecule has 104 valence electrons. The number of pyridine rings is 1. The van der Waals surface area contributed by atoms with Gasteiger partial charge in [-0.05, 0) is 31.4 Å². The van der Waals surface area contributed by atoms with E-state index in [0.29, 0.717) is 19.4 Å². The Balaban J connectivity index is 1.70. The number of nitrogens with one attached hydrogen (secondary N) is 1. The van der Waals surface area contributed by atoms with Crippen LogP contribution in [0.5, 0.6) is 0 Å². The number of aryl methyl sites for hydroxylation is 1. The zero-order valence-corrected chi connectivity index (χ0v) is 11.3. The number of amides is 1. The van der Waals surface area contributed by atoms with Gasteiger partial charge < -0.3 is 10.4 Å². The molecule has 19 heavy (non-hydrogen) atoms. The topological polar surface area (TPSA) is 62.2 Å². The highest BCUT2D eigenvalue weighted by molar-refractivity contribution is 5.76. The maximum Gasteiger partial charge on any atom is 0.220 e. The number of nitrogens with zero attached hydrogens (tertiary/aromatic N) is 1. The minimum absolute atomic E-state index is 0.00958. The first-order chi connectivity index (χ1) is 9.18. The standard InChI is InChI=1S/C15H22N2O2/c18-14(8-7-13-6-2-5-11-16-13)17-12-15(19)9-3-1-4-10-15/h2,5-6,11,19H,1,3-4,7-10,12H2,(H,17,18). The summed E-state index contributed by atoms with van der Waals surface area (Å²) in [6, 6.07) is 5.70. The van der Waals surface area contributed by atoms with Crippen molar-refractivity contribution in [1.29, 1.82) is 0 Å². The van der Waals surface area contributed by atoms with Gasteiger partial charge in [0.05, 0.1) is 5.60 Å². The fraction of sp³-hybridized carbons (Fsp3) is 0.600. The van der Waals surface area contributed by atoms with E-state index in [1.54, 1.807) is 6.20 Å². The van der Waals surface area contributed by atoms with E-state index in [9.17, 15) is 9.90 Å². The molecule has 0 aliphatic heterocycles. The highest BCUT2D eigenvalue weighted by atomic mass is 16.3. The van der Waals surface area contributed by atoms with Crippen LogP contribution in [-0.4, -0.2) is 28.1 Å². The molecule has 1 aromatic rings. The zero-order valence-electron chi connectivity index (χ0n) is 11.3. The van der Waals surface area contributed by atoms with Crippen molar-refractivity contribution >= 4 is 5.91 Å². The molecule has 0 atom stereocenters. The van der Waals surface area contributed by atoms with Crippen LogP contribution in [0.2, 0.25) is 0 Å². The number of carbonyl (C=O) groups is 1. The van der Waals surface area contributed by atoms with E-state index in [4.69, 9.17) is 0 Å². The first-order valence-corrected chi connectivity index (χ1v) is 7.07. The Kier molecular flexibility index (Phi) is 4.91. The van der Waals surface area contributed by atoms with Crippen molar-refractivity contribution in [2.24, 2.45) is 0 Å². The molecule has 1 aliphatic rings. The molecule has 1 aliphatic carbocycles. The van der Waals surface area contributed by atoms with Crippen LogP contribution in [0.4, 0.5) is 0 Å². The molecule has 1 fully saturated rings. The summed E-state index contributed by atoms with van der Waals surface area (Å²) in [5.41, 5.74) is 0.243. The van der Waals surface area contributed by atoms with E-state index in [2.05, 4.69) is 10.3 Å². The molecular weight excluding hydrogens is 240 g/mol. The quantitative estimate of drug-likeness (QED) is 0.851. The van der Waals surface area contributed by atoms with Gasteiger partial charge in [0.2, 0.25) is 5.91 Å². The van der Waals surface area contributed by atoms with Crippen LogP contribution < -0.4 is 5.32 Å². The lowest BCUT2D eigenvalue weighted by atomic mass is 9.85. The molecule has 1 amide bonds. The van der Waals surface area contributed by atoms with Gasteiger partial charge in [0, 0.05) is 24.9 Å². The molecule has 4 heteroatoms. The fourth-order valence-corrected chi connectivity index (χ4v) is 2.53. The second-order valence-corrected chi connectivity index (χ2v) is 5.38. The second kappa shape index (κ2) is 6.66. The second-order valence-electron chi connectivity index (χ2n) is 5.38. The predicted molar refractivity (Wildman–Crippen MR) is 73.6 cm³/mol. The van der Waals surface area contributed by atoms with Gasteiger partial charge in [0.1, 0.15) is 0 Å². The molecule has 4 nitrogen and oxygen atoms in total. The maximum atomic E-state index is 11.8. The number of aromatic nitrogens is 1. The Morgan fingerprint density at radius 3 is 2.79 bits per heavy atom. The van der Waals surface area contributed by atoms with E-state index in [-0.39, 0.29) is 5.91 Å². The summed E-state index contributed by atoms with van der Waals surface area (Å²) in [6.45, 7) is 0.383. The SMILES string of the molecule is O=C(CCc1ccccn1)NCC1(O)CCCCC1. The van der Waals surface area contributed by atoms with Crippen LogP contribution in [-0.2, 0) is 11.2 Å². The lowest BCUT2D eigenvalue weighted by Crippen LogP contribution is -2.44. The first kappa shape index (κ1) is 14.0. The maximum absolute atomic E-state index is 11.8. The van der Waals surface area contributed by atoms with Gasteiger partial charge in [0.25, 0.3) is 0 Å². The number of rotatable bonds is 5. The van der Waals surface area contributed by atoms with Gasteiger partial charge in [-0.3, -0.25) is 9.78 Å². The molecule has 1 heterocycles. The predicted octanol–water partition coefficient (Wildman–Crippen LogP) is 1.83. The lowest BCUT2D eigenvalue weighted by molar-refractivity contribution is -0.122. The normalized spacial score (nSPS) is 17.9. The van der Waals surface area contributed by atoms with Crippen molar-refractivity contribution in [3.8, 4) is 0 Å². The fourth-order valence-electron chi connectivity index (χ4n) is 2.53. The summed E-state index contributed by atoms with van der Waals surface area (Å²) in [7, 11) is 0. The molecular formula is C15H22N2O2. The molecule has 0 saturated heterocycles. The minimum atomic E-state index is -0.682. The molecule has 0 unspecified atom stereocenters. The monoisotopic (exact) mass is 262 g/mol. The van der Waals surface area contributed by atoms with Crippen molar-refractivity contribution < 1.29 is 9.90 Å². The van der Waals surface area contributed by atoms with E-state index >= 15 is 0 Å². The minimum Gasteiger partial charge on any atom is -0.388 e. The van der Waals surface area contributed by atoms with Gasteiger partial charge in [-0.15, -0.1) is 0 Å². The average molecular weight is 262 g/mol. The van der Waals surface area contributed by atoms with Crippen molar-refractivity contribution in [2.45, 2.75) is 50.5 Å². The summed E-state index contributed by atoms with van der Waals surface area (Å²) in [4.78, 5) is 15.9. The molecule has 1 aromatic heterocycles. The molecule has 0 aromatic carbocycles. The molecule has 0 radical (unpaired) electrons. The van der Waals surface area contributed by atoms with Gasteiger partial charge in [-0.25, -0.2) is 0 Å².